The molecule has 0 unspecified atom stereocenters. The lowest BCUT2D eigenvalue weighted by Gasteiger charge is -2.15. The lowest BCUT2D eigenvalue weighted by atomic mass is 10.4. The van der Waals surface area contributed by atoms with Gasteiger partial charge in [-0.15, -0.1) is 0 Å². The first kappa shape index (κ1) is 17.5. The van der Waals surface area contributed by atoms with E-state index in [0.29, 0.717) is 18.1 Å². The average molecular weight is 366 g/mol. The zero-order valence-electron chi connectivity index (χ0n) is 13.9. The molecule has 0 atom stereocenters. The summed E-state index contributed by atoms with van der Waals surface area (Å²) in [5, 5.41) is 3.02. The summed E-state index contributed by atoms with van der Waals surface area (Å²) in [5.41, 5.74) is 0.0779. The maximum atomic E-state index is 13.1. The molecule has 3 aromatic rings. The van der Waals surface area contributed by atoms with Crippen molar-refractivity contribution >= 4 is 18.9 Å². The summed E-state index contributed by atoms with van der Waals surface area (Å²) in [4.78, 5) is 4.30. The van der Waals surface area contributed by atoms with Crippen LogP contribution >= 0.6 is 7.60 Å². The summed E-state index contributed by atoms with van der Waals surface area (Å²) in [7, 11) is -3.64. The van der Waals surface area contributed by atoms with Gasteiger partial charge in [0.25, 0.3) is 5.89 Å². The highest BCUT2D eigenvalue weighted by Gasteiger charge is 2.36. The Morgan fingerprint density at radius 1 is 1.12 bits per heavy atom. The number of nitrogens with one attached hydrogen (secondary N) is 1. The highest BCUT2D eigenvalue weighted by atomic mass is 31.2. The van der Waals surface area contributed by atoms with Crippen LogP contribution in [0.3, 0.4) is 0 Å². The number of furan rings is 2. The van der Waals surface area contributed by atoms with Gasteiger partial charge >= 0.3 is 7.60 Å². The monoisotopic (exact) mass is 366 g/mol. The summed E-state index contributed by atoms with van der Waals surface area (Å²) in [5.74, 6) is 1.46. The van der Waals surface area contributed by atoms with Crippen molar-refractivity contribution in [3.8, 4) is 11.7 Å². The second-order valence-corrected chi connectivity index (χ2v) is 6.85. The van der Waals surface area contributed by atoms with E-state index < -0.39 is 7.60 Å². The molecule has 134 valence electrons. The number of anilines is 1. The largest absolute Gasteiger partial charge is 0.467 e. The number of hydrogen-bond donors (Lipinski definition) is 1. The van der Waals surface area contributed by atoms with Gasteiger partial charge in [-0.25, -0.2) is 0 Å². The van der Waals surface area contributed by atoms with Gasteiger partial charge in [0.1, 0.15) is 5.76 Å². The number of rotatable bonds is 9. The van der Waals surface area contributed by atoms with E-state index in [1.165, 1.54) is 6.26 Å². The van der Waals surface area contributed by atoms with E-state index in [0.717, 1.165) is 0 Å². The summed E-state index contributed by atoms with van der Waals surface area (Å²) in [6.07, 6.45) is 3.07. The van der Waals surface area contributed by atoms with Crippen LogP contribution in [0.25, 0.3) is 11.7 Å². The fourth-order valence-corrected chi connectivity index (χ4v) is 3.78. The molecule has 0 saturated heterocycles. The quantitative estimate of drug-likeness (QED) is 0.567. The molecule has 9 heteroatoms. The highest BCUT2D eigenvalue weighted by Crippen LogP contribution is 2.49. The van der Waals surface area contributed by atoms with Gasteiger partial charge in [-0.05, 0) is 38.1 Å². The Hall–Kier alpha value is -2.28. The van der Waals surface area contributed by atoms with Crippen LogP contribution in [-0.4, -0.2) is 18.2 Å². The SMILES string of the molecule is CCOP(=O)(OCC)c1nc(-c2ccco2)oc1NCc1ccco1. The van der Waals surface area contributed by atoms with Crippen molar-refractivity contribution in [3.63, 3.8) is 0 Å². The third kappa shape index (κ3) is 3.87. The minimum absolute atomic E-state index is 0.0779. The molecule has 3 rings (SSSR count). The van der Waals surface area contributed by atoms with Crippen LogP contribution in [0.2, 0.25) is 0 Å². The van der Waals surface area contributed by atoms with Crippen LogP contribution < -0.4 is 10.8 Å². The summed E-state index contributed by atoms with van der Waals surface area (Å²) in [6, 6.07) is 6.98. The second kappa shape index (κ2) is 7.74. The molecule has 3 aromatic heterocycles. The lowest BCUT2D eigenvalue weighted by Crippen LogP contribution is -2.16. The second-order valence-electron chi connectivity index (χ2n) is 4.91. The van der Waals surface area contributed by atoms with Crippen LogP contribution in [0, 0.1) is 0 Å². The van der Waals surface area contributed by atoms with E-state index in [-0.39, 0.29) is 30.4 Å². The van der Waals surface area contributed by atoms with Gasteiger partial charge in [-0.2, -0.15) is 4.98 Å². The number of oxazole rings is 1. The standard InChI is InChI=1S/C16H19N2O6P/c1-3-22-25(19,23-4-2)16-15(17-11-12-7-5-9-20-12)24-14(18-16)13-8-6-10-21-13/h5-10,17H,3-4,11H2,1-2H3. The van der Waals surface area contributed by atoms with Crippen molar-refractivity contribution in [2.75, 3.05) is 18.5 Å². The summed E-state index contributed by atoms with van der Waals surface area (Å²) >= 11 is 0. The van der Waals surface area contributed by atoms with Crippen molar-refractivity contribution in [1.29, 1.82) is 0 Å². The maximum Gasteiger partial charge on any atom is 0.385 e. The van der Waals surface area contributed by atoms with Gasteiger partial charge in [-0.3, -0.25) is 4.57 Å². The van der Waals surface area contributed by atoms with E-state index in [2.05, 4.69) is 10.3 Å². The van der Waals surface area contributed by atoms with Gasteiger partial charge in [-0.1, -0.05) is 0 Å². The van der Waals surface area contributed by atoms with Gasteiger partial charge in [0.05, 0.1) is 32.3 Å². The smallest absolute Gasteiger partial charge is 0.385 e. The molecule has 0 bridgehead atoms. The Morgan fingerprint density at radius 2 is 1.84 bits per heavy atom. The molecule has 0 aromatic carbocycles. The molecule has 8 nitrogen and oxygen atoms in total. The number of nitrogens with zero attached hydrogens (tertiary/aromatic N) is 1. The lowest BCUT2D eigenvalue weighted by molar-refractivity contribution is 0.229. The Balaban J connectivity index is 1.96. The average Bonchev–Trinajstić information content (AvgIpc) is 3.33. The third-order valence-electron chi connectivity index (χ3n) is 3.20. The van der Waals surface area contributed by atoms with Crippen molar-refractivity contribution in [2.45, 2.75) is 20.4 Å². The summed E-state index contributed by atoms with van der Waals surface area (Å²) < 4.78 is 40.2. The fourth-order valence-electron chi connectivity index (χ4n) is 2.20. The van der Waals surface area contributed by atoms with Crippen LogP contribution in [0.1, 0.15) is 19.6 Å². The Bertz CT molecular complexity index is 815. The third-order valence-corrected chi connectivity index (χ3v) is 5.22. The Morgan fingerprint density at radius 3 is 2.44 bits per heavy atom. The molecule has 0 amide bonds. The van der Waals surface area contributed by atoms with E-state index in [1.54, 1.807) is 44.4 Å². The molecule has 0 fully saturated rings. The van der Waals surface area contributed by atoms with E-state index in [4.69, 9.17) is 22.3 Å². The topological polar surface area (TPSA) is 99.9 Å². The molecular formula is C16H19N2O6P. The maximum absolute atomic E-state index is 13.1. The van der Waals surface area contributed by atoms with Gasteiger partial charge in [0.2, 0.25) is 11.3 Å². The van der Waals surface area contributed by atoms with Crippen LogP contribution in [0.4, 0.5) is 5.88 Å². The molecule has 25 heavy (non-hydrogen) atoms. The number of aromatic nitrogens is 1. The van der Waals surface area contributed by atoms with Gasteiger partial charge in [0, 0.05) is 0 Å². The molecule has 0 saturated carbocycles. The first-order chi connectivity index (χ1) is 12.2. The zero-order valence-corrected chi connectivity index (χ0v) is 14.8. The molecule has 0 radical (unpaired) electrons. The molecule has 3 heterocycles. The van der Waals surface area contributed by atoms with Crippen molar-refractivity contribution in [1.82, 2.24) is 4.98 Å². The Labute approximate surface area is 144 Å². The van der Waals surface area contributed by atoms with Crippen molar-refractivity contribution < 1.29 is 26.9 Å². The van der Waals surface area contributed by atoms with Crippen molar-refractivity contribution in [3.05, 3.63) is 42.6 Å². The minimum atomic E-state index is -3.64. The Kier molecular flexibility index (Phi) is 5.43. The summed E-state index contributed by atoms with van der Waals surface area (Å²) in [6.45, 7) is 4.20. The van der Waals surface area contributed by atoms with Gasteiger partial charge < -0.3 is 27.6 Å². The van der Waals surface area contributed by atoms with Crippen LogP contribution in [0.15, 0.2) is 50.0 Å². The number of hydrogen-bond acceptors (Lipinski definition) is 8. The fraction of sp³-hybridized carbons (Fsp3) is 0.312. The zero-order chi connectivity index (χ0) is 17.7. The molecule has 0 spiro atoms. The van der Waals surface area contributed by atoms with Crippen LogP contribution in [0.5, 0.6) is 0 Å². The molecule has 1 N–H and O–H groups in total. The van der Waals surface area contributed by atoms with Gasteiger partial charge in [0.15, 0.2) is 5.76 Å². The predicted molar refractivity (Wildman–Crippen MR) is 90.7 cm³/mol. The van der Waals surface area contributed by atoms with Crippen LogP contribution in [-0.2, 0) is 20.2 Å². The van der Waals surface area contributed by atoms with E-state index in [9.17, 15) is 4.57 Å². The molecule has 0 aliphatic rings. The van der Waals surface area contributed by atoms with Crippen molar-refractivity contribution in [2.24, 2.45) is 0 Å². The first-order valence-electron chi connectivity index (χ1n) is 7.87. The molecular weight excluding hydrogens is 347 g/mol. The minimum Gasteiger partial charge on any atom is -0.467 e. The van der Waals surface area contributed by atoms with E-state index >= 15 is 0 Å². The normalized spacial score (nSPS) is 11.8. The molecule has 0 aliphatic carbocycles. The van der Waals surface area contributed by atoms with E-state index in [1.807, 2.05) is 0 Å². The predicted octanol–water partition coefficient (Wildman–Crippen LogP) is 4.03. The first-order valence-corrected chi connectivity index (χ1v) is 9.41. The molecule has 0 aliphatic heterocycles. The highest BCUT2D eigenvalue weighted by molar-refractivity contribution is 7.62.